The summed E-state index contributed by atoms with van der Waals surface area (Å²) in [6.45, 7) is 1.60. The van der Waals surface area contributed by atoms with Crippen LogP contribution in [-0.2, 0) is 43.4 Å². The normalized spacial score (nSPS) is 14.2. The Hall–Kier alpha value is -5.14. The third kappa shape index (κ3) is 10.6. The number of hydrogen-bond donors (Lipinski definition) is 5. The Balaban J connectivity index is 1.45. The fraction of sp³-hybridized carbons (Fsp3) is 0.379. The Morgan fingerprint density at radius 1 is 0.721 bits per heavy atom. The average molecular weight is 599 g/mol. The van der Waals surface area contributed by atoms with E-state index in [1.165, 1.54) is 0 Å². The van der Waals surface area contributed by atoms with E-state index in [0.29, 0.717) is 37.3 Å². The molecule has 5 N–H and O–H groups in total. The highest BCUT2D eigenvalue weighted by molar-refractivity contribution is 5.86. The maximum Gasteiger partial charge on any atom is 0.410 e. The lowest BCUT2D eigenvalue weighted by atomic mass is 10.0. The quantitative estimate of drug-likeness (QED) is 0.224. The van der Waals surface area contributed by atoms with E-state index in [2.05, 4.69) is 10.6 Å². The van der Waals surface area contributed by atoms with E-state index in [-0.39, 0.29) is 31.8 Å². The largest absolute Gasteiger partial charge is 0.481 e. The first-order valence-corrected chi connectivity index (χ1v) is 13.6. The molecule has 0 aliphatic carbocycles. The molecule has 4 amide bonds. The van der Waals surface area contributed by atoms with Gasteiger partial charge in [-0.2, -0.15) is 0 Å². The molecular weight excluding hydrogens is 564 g/mol. The van der Waals surface area contributed by atoms with Crippen LogP contribution in [0.1, 0.15) is 29.5 Å². The summed E-state index contributed by atoms with van der Waals surface area (Å²) in [5.74, 6) is -4.16. The van der Waals surface area contributed by atoms with Crippen LogP contribution >= 0.6 is 0 Å². The fourth-order valence-corrected chi connectivity index (χ4v) is 4.35. The molecule has 1 aliphatic heterocycles. The topological polar surface area (TPSA) is 203 Å². The zero-order valence-electron chi connectivity index (χ0n) is 23.3. The lowest BCUT2D eigenvalue weighted by Gasteiger charge is -2.34. The molecule has 3 rings (SSSR count). The van der Waals surface area contributed by atoms with Crippen molar-refractivity contribution < 1.29 is 48.8 Å². The highest BCUT2D eigenvalue weighted by atomic mass is 16.6. The number of carboxylic acid groups (broad SMARTS) is 3. The Labute approximate surface area is 247 Å². The fourth-order valence-electron chi connectivity index (χ4n) is 4.35. The predicted molar refractivity (Wildman–Crippen MR) is 150 cm³/mol. The zero-order chi connectivity index (χ0) is 31.4. The summed E-state index contributed by atoms with van der Waals surface area (Å²) < 4.78 is 5.35. The molecule has 1 fully saturated rings. The molecule has 0 unspecified atom stereocenters. The standard InChI is InChI=1S/C29H34N4O10/c34-24(32-12-14-33(15-13-32)29(42)43-18-21-4-2-1-3-5-21)17-20-8-6-19(7-9-20)16-23(27(39)40)31-28(41)30-22(26(37)38)10-11-25(35)36/h1-9,22-23H,10-18H2,(H,35,36)(H,37,38)(H,39,40)(H2,30,31,41)/t22-,23-/m0/s1. The zero-order valence-corrected chi connectivity index (χ0v) is 23.3. The number of carbonyl (C=O) groups excluding carboxylic acids is 3. The van der Waals surface area contributed by atoms with Gasteiger partial charge in [0.25, 0.3) is 0 Å². The number of aliphatic carboxylic acids is 3. The number of ether oxygens (including phenoxy) is 1. The predicted octanol–water partition coefficient (Wildman–Crippen LogP) is 1.32. The van der Waals surface area contributed by atoms with Crippen LogP contribution in [0.2, 0.25) is 0 Å². The molecule has 0 saturated carbocycles. The molecule has 14 heteroatoms. The number of urea groups is 1. The molecule has 2 atom stereocenters. The van der Waals surface area contributed by atoms with Crippen LogP contribution in [0.4, 0.5) is 9.59 Å². The molecule has 14 nitrogen and oxygen atoms in total. The second kappa shape index (κ2) is 15.7. The average Bonchev–Trinajstić information content (AvgIpc) is 2.98. The highest BCUT2D eigenvalue weighted by Gasteiger charge is 2.27. The van der Waals surface area contributed by atoms with Crippen molar-refractivity contribution in [3.8, 4) is 0 Å². The summed E-state index contributed by atoms with van der Waals surface area (Å²) >= 11 is 0. The van der Waals surface area contributed by atoms with Crippen LogP contribution in [0, 0.1) is 0 Å². The maximum absolute atomic E-state index is 12.8. The molecule has 0 radical (unpaired) electrons. The van der Waals surface area contributed by atoms with Crippen LogP contribution < -0.4 is 10.6 Å². The number of nitrogens with one attached hydrogen (secondary N) is 2. The van der Waals surface area contributed by atoms with Crippen molar-refractivity contribution in [3.63, 3.8) is 0 Å². The van der Waals surface area contributed by atoms with Gasteiger partial charge >= 0.3 is 30.0 Å². The van der Waals surface area contributed by atoms with Crippen LogP contribution in [0.25, 0.3) is 0 Å². The van der Waals surface area contributed by atoms with Gasteiger partial charge in [0.05, 0.1) is 6.42 Å². The van der Waals surface area contributed by atoms with Gasteiger partial charge in [0.15, 0.2) is 0 Å². The molecule has 0 aromatic heterocycles. The van der Waals surface area contributed by atoms with Crippen LogP contribution in [0.3, 0.4) is 0 Å². The van der Waals surface area contributed by atoms with E-state index in [1.54, 1.807) is 34.1 Å². The SMILES string of the molecule is O=C(O)CC[C@H](NC(=O)N[C@@H](Cc1ccc(CC(=O)N2CCN(C(=O)OCc3ccccc3)CC2)cc1)C(=O)O)C(=O)O. The van der Waals surface area contributed by atoms with E-state index in [9.17, 15) is 39.0 Å². The van der Waals surface area contributed by atoms with Crippen LogP contribution in [0.15, 0.2) is 54.6 Å². The first-order valence-electron chi connectivity index (χ1n) is 13.6. The van der Waals surface area contributed by atoms with Crippen LogP contribution in [-0.4, -0.2) is 99.3 Å². The molecule has 0 bridgehead atoms. The third-order valence-electron chi connectivity index (χ3n) is 6.77. The molecular formula is C29H34N4O10. The minimum Gasteiger partial charge on any atom is -0.481 e. The molecule has 43 heavy (non-hydrogen) atoms. The molecule has 230 valence electrons. The summed E-state index contributed by atoms with van der Waals surface area (Å²) in [5.41, 5.74) is 2.13. The van der Waals surface area contributed by atoms with Gasteiger partial charge in [0.1, 0.15) is 18.7 Å². The van der Waals surface area contributed by atoms with Crippen molar-refractivity contribution in [3.05, 3.63) is 71.3 Å². The number of rotatable bonds is 13. The van der Waals surface area contributed by atoms with Gasteiger partial charge in [-0.1, -0.05) is 54.6 Å². The van der Waals surface area contributed by atoms with Crippen molar-refractivity contribution in [2.24, 2.45) is 0 Å². The Kier molecular flexibility index (Phi) is 11.9. The summed E-state index contributed by atoms with van der Waals surface area (Å²) in [6, 6.07) is 12.0. The van der Waals surface area contributed by atoms with E-state index in [4.69, 9.17) is 9.84 Å². The number of benzene rings is 2. The van der Waals surface area contributed by atoms with E-state index in [1.807, 2.05) is 30.3 Å². The van der Waals surface area contributed by atoms with Gasteiger partial charge in [0.2, 0.25) is 5.91 Å². The van der Waals surface area contributed by atoms with Crippen molar-refractivity contribution in [2.45, 2.75) is 44.4 Å². The Morgan fingerprint density at radius 2 is 1.28 bits per heavy atom. The van der Waals surface area contributed by atoms with Crippen LogP contribution in [0.5, 0.6) is 0 Å². The summed E-state index contributed by atoms with van der Waals surface area (Å²) in [7, 11) is 0. The molecule has 1 aliphatic rings. The van der Waals surface area contributed by atoms with Crippen molar-refractivity contribution in [2.75, 3.05) is 26.2 Å². The lowest BCUT2D eigenvalue weighted by Crippen LogP contribution is -2.51. The molecule has 2 aromatic carbocycles. The number of piperazine rings is 1. The van der Waals surface area contributed by atoms with Crippen molar-refractivity contribution in [1.82, 2.24) is 20.4 Å². The molecule has 2 aromatic rings. The minimum atomic E-state index is -1.50. The van der Waals surface area contributed by atoms with Crippen molar-refractivity contribution in [1.29, 1.82) is 0 Å². The summed E-state index contributed by atoms with van der Waals surface area (Å²) in [6.07, 6.45) is -1.31. The lowest BCUT2D eigenvalue weighted by molar-refractivity contribution is -0.140. The second-order valence-electron chi connectivity index (χ2n) is 9.94. The minimum absolute atomic E-state index is 0.106. The van der Waals surface area contributed by atoms with E-state index >= 15 is 0 Å². The van der Waals surface area contributed by atoms with Gasteiger partial charge in [-0.3, -0.25) is 9.59 Å². The Morgan fingerprint density at radius 3 is 1.86 bits per heavy atom. The smallest absolute Gasteiger partial charge is 0.410 e. The van der Waals surface area contributed by atoms with Gasteiger partial charge in [-0.05, 0) is 23.1 Å². The second-order valence-corrected chi connectivity index (χ2v) is 9.94. The van der Waals surface area contributed by atoms with Gasteiger partial charge in [0, 0.05) is 39.0 Å². The summed E-state index contributed by atoms with van der Waals surface area (Å²) in [5, 5.41) is 31.7. The number of amides is 4. The highest BCUT2D eigenvalue weighted by Crippen LogP contribution is 2.12. The first-order chi connectivity index (χ1) is 20.5. The maximum atomic E-state index is 12.8. The Bertz CT molecular complexity index is 1290. The number of carboxylic acids is 3. The number of hydrogen-bond acceptors (Lipinski definition) is 7. The third-order valence-corrected chi connectivity index (χ3v) is 6.77. The number of carbonyl (C=O) groups is 6. The van der Waals surface area contributed by atoms with Crippen molar-refractivity contribution >= 4 is 35.9 Å². The van der Waals surface area contributed by atoms with E-state index in [0.717, 1.165) is 5.56 Å². The first kappa shape index (κ1) is 32.4. The molecule has 1 saturated heterocycles. The van der Waals surface area contributed by atoms with Gasteiger partial charge in [-0.15, -0.1) is 0 Å². The van der Waals surface area contributed by atoms with E-state index < -0.39 is 48.5 Å². The number of nitrogens with zero attached hydrogens (tertiary/aromatic N) is 2. The molecule has 1 heterocycles. The summed E-state index contributed by atoms with van der Waals surface area (Å²) in [4.78, 5) is 74.3. The van der Waals surface area contributed by atoms with Gasteiger partial charge < -0.3 is 40.5 Å². The monoisotopic (exact) mass is 598 g/mol. The molecule has 0 spiro atoms. The van der Waals surface area contributed by atoms with Gasteiger partial charge in [-0.25, -0.2) is 19.2 Å².